The molecule has 0 spiro atoms. The third-order valence-electron chi connectivity index (χ3n) is 2.72. The highest BCUT2D eigenvalue weighted by Gasteiger charge is 2.31. The first-order valence-corrected chi connectivity index (χ1v) is 8.03. The summed E-state index contributed by atoms with van der Waals surface area (Å²) in [6.07, 6.45) is -2.28. The number of carbonyl (C=O) groups is 2. The van der Waals surface area contributed by atoms with Crippen LogP contribution in [0.4, 0.5) is 4.79 Å². The molecule has 0 aliphatic carbocycles. The standard InChI is InChI=1S/C16H22BrNO5/c1-5-22-14(20)13(19)12(10-7-6-8-11(17)9-10)18-15(21)23-16(2,3)4/h6-9,12-13,19H,5H2,1-4H3,(H,18,21)/t12-,13-/m1/s1. The van der Waals surface area contributed by atoms with E-state index in [-0.39, 0.29) is 6.61 Å². The summed E-state index contributed by atoms with van der Waals surface area (Å²) in [6, 6.07) is 5.94. The second-order valence-electron chi connectivity index (χ2n) is 5.88. The fourth-order valence-electron chi connectivity index (χ4n) is 1.84. The van der Waals surface area contributed by atoms with E-state index >= 15 is 0 Å². The van der Waals surface area contributed by atoms with Crippen LogP contribution in [0.25, 0.3) is 0 Å². The number of ether oxygens (including phenoxy) is 2. The predicted molar refractivity (Wildman–Crippen MR) is 88.9 cm³/mol. The maximum absolute atomic E-state index is 12.0. The Labute approximate surface area is 144 Å². The normalized spacial score (nSPS) is 13.8. The lowest BCUT2D eigenvalue weighted by Gasteiger charge is -2.26. The molecular formula is C16H22BrNO5. The molecule has 0 aliphatic heterocycles. The summed E-state index contributed by atoms with van der Waals surface area (Å²) in [7, 11) is 0. The Balaban J connectivity index is 3.01. The fourth-order valence-corrected chi connectivity index (χ4v) is 2.26. The maximum atomic E-state index is 12.0. The van der Waals surface area contributed by atoms with Gasteiger partial charge in [0.1, 0.15) is 5.60 Å². The number of halogens is 1. The van der Waals surface area contributed by atoms with Crippen LogP contribution in [-0.4, -0.2) is 35.5 Å². The Bertz CT molecular complexity index is 556. The molecule has 0 fully saturated rings. The van der Waals surface area contributed by atoms with Crippen LogP contribution >= 0.6 is 15.9 Å². The largest absolute Gasteiger partial charge is 0.464 e. The van der Waals surface area contributed by atoms with Crippen LogP contribution in [0.1, 0.15) is 39.3 Å². The molecule has 0 aromatic heterocycles. The number of aliphatic hydroxyl groups excluding tert-OH is 1. The van der Waals surface area contributed by atoms with Gasteiger partial charge in [-0.05, 0) is 45.4 Å². The second kappa shape index (κ2) is 8.31. The van der Waals surface area contributed by atoms with Gasteiger partial charge in [0.2, 0.25) is 0 Å². The average molecular weight is 388 g/mol. The van der Waals surface area contributed by atoms with Gasteiger partial charge < -0.3 is 19.9 Å². The van der Waals surface area contributed by atoms with E-state index in [0.717, 1.165) is 4.47 Å². The first-order chi connectivity index (χ1) is 10.6. The minimum atomic E-state index is -1.54. The molecule has 0 radical (unpaired) electrons. The molecule has 0 bridgehead atoms. The molecule has 23 heavy (non-hydrogen) atoms. The number of nitrogens with one attached hydrogen (secondary N) is 1. The van der Waals surface area contributed by atoms with Crippen LogP contribution in [-0.2, 0) is 14.3 Å². The lowest BCUT2D eigenvalue weighted by Crippen LogP contribution is -2.43. The van der Waals surface area contributed by atoms with Gasteiger partial charge >= 0.3 is 12.1 Å². The van der Waals surface area contributed by atoms with Crippen molar-refractivity contribution in [3.05, 3.63) is 34.3 Å². The molecule has 1 amide bonds. The van der Waals surface area contributed by atoms with Crippen LogP contribution in [0.2, 0.25) is 0 Å². The number of esters is 1. The first kappa shape index (κ1) is 19.4. The molecule has 0 unspecified atom stereocenters. The quantitative estimate of drug-likeness (QED) is 0.758. The summed E-state index contributed by atoms with van der Waals surface area (Å²) in [5, 5.41) is 12.8. The SMILES string of the molecule is CCOC(=O)[C@H](O)[C@H](NC(=O)OC(C)(C)C)c1cccc(Br)c1. The Kier molecular flexibility index (Phi) is 7.02. The van der Waals surface area contributed by atoms with Crippen LogP contribution in [0.5, 0.6) is 0 Å². The minimum Gasteiger partial charge on any atom is -0.464 e. The van der Waals surface area contributed by atoms with Crippen LogP contribution < -0.4 is 5.32 Å². The van der Waals surface area contributed by atoms with Gasteiger partial charge in [0, 0.05) is 4.47 Å². The van der Waals surface area contributed by atoms with E-state index < -0.39 is 29.8 Å². The molecule has 6 nitrogen and oxygen atoms in total. The van der Waals surface area contributed by atoms with Crippen molar-refractivity contribution in [1.29, 1.82) is 0 Å². The molecule has 128 valence electrons. The molecular weight excluding hydrogens is 366 g/mol. The van der Waals surface area contributed by atoms with Gasteiger partial charge in [0.15, 0.2) is 6.10 Å². The number of alkyl carbamates (subject to hydrolysis) is 1. The maximum Gasteiger partial charge on any atom is 0.408 e. The van der Waals surface area contributed by atoms with Crippen molar-refractivity contribution in [3.8, 4) is 0 Å². The first-order valence-electron chi connectivity index (χ1n) is 7.23. The number of rotatable bonds is 5. The van der Waals surface area contributed by atoms with Crippen molar-refractivity contribution >= 4 is 28.0 Å². The highest BCUT2D eigenvalue weighted by molar-refractivity contribution is 9.10. The van der Waals surface area contributed by atoms with Gasteiger partial charge in [0.05, 0.1) is 12.6 Å². The van der Waals surface area contributed by atoms with Gasteiger partial charge in [-0.2, -0.15) is 0 Å². The van der Waals surface area contributed by atoms with Crippen LogP contribution in [0.15, 0.2) is 28.7 Å². The number of benzene rings is 1. The van der Waals surface area contributed by atoms with Crippen molar-refractivity contribution < 1.29 is 24.2 Å². The van der Waals surface area contributed by atoms with Gasteiger partial charge in [-0.15, -0.1) is 0 Å². The zero-order chi connectivity index (χ0) is 17.6. The van der Waals surface area contributed by atoms with Gasteiger partial charge in [-0.1, -0.05) is 28.1 Å². The highest BCUT2D eigenvalue weighted by Crippen LogP contribution is 2.22. The minimum absolute atomic E-state index is 0.132. The summed E-state index contributed by atoms with van der Waals surface area (Å²) in [5.41, 5.74) is -0.147. The zero-order valence-corrected chi connectivity index (χ0v) is 15.2. The van der Waals surface area contributed by atoms with E-state index in [1.54, 1.807) is 52.0 Å². The van der Waals surface area contributed by atoms with Crippen molar-refractivity contribution in [3.63, 3.8) is 0 Å². The number of hydrogen-bond acceptors (Lipinski definition) is 5. The van der Waals surface area contributed by atoms with E-state index in [4.69, 9.17) is 9.47 Å². The molecule has 0 aliphatic rings. The van der Waals surface area contributed by atoms with E-state index in [9.17, 15) is 14.7 Å². The predicted octanol–water partition coefficient (Wildman–Crippen LogP) is 2.94. The topological polar surface area (TPSA) is 84.9 Å². The van der Waals surface area contributed by atoms with Crippen LogP contribution in [0.3, 0.4) is 0 Å². The Morgan fingerprint density at radius 1 is 1.35 bits per heavy atom. The third kappa shape index (κ3) is 6.58. The molecule has 2 atom stereocenters. The smallest absolute Gasteiger partial charge is 0.408 e. The summed E-state index contributed by atoms with van der Waals surface area (Å²) >= 11 is 3.32. The van der Waals surface area contributed by atoms with Crippen LogP contribution in [0, 0.1) is 0 Å². The van der Waals surface area contributed by atoms with Gasteiger partial charge in [-0.3, -0.25) is 0 Å². The molecule has 1 aromatic rings. The van der Waals surface area contributed by atoms with Gasteiger partial charge in [-0.25, -0.2) is 9.59 Å². The van der Waals surface area contributed by atoms with E-state index in [1.165, 1.54) is 0 Å². The fraction of sp³-hybridized carbons (Fsp3) is 0.500. The van der Waals surface area contributed by atoms with E-state index in [0.29, 0.717) is 5.56 Å². The Morgan fingerprint density at radius 2 is 2.00 bits per heavy atom. The van der Waals surface area contributed by atoms with E-state index in [2.05, 4.69) is 21.2 Å². The third-order valence-corrected chi connectivity index (χ3v) is 3.22. The number of amides is 1. The molecule has 0 saturated carbocycles. The van der Waals surface area contributed by atoms with Gasteiger partial charge in [0.25, 0.3) is 0 Å². The number of hydrogen-bond donors (Lipinski definition) is 2. The Hall–Kier alpha value is -1.60. The molecule has 1 rings (SSSR count). The summed E-state index contributed by atoms with van der Waals surface area (Å²) < 4.78 is 10.8. The summed E-state index contributed by atoms with van der Waals surface area (Å²) in [6.45, 7) is 6.95. The molecule has 2 N–H and O–H groups in total. The zero-order valence-electron chi connectivity index (χ0n) is 13.6. The molecule has 0 saturated heterocycles. The summed E-state index contributed by atoms with van der Waals surface area (Å²) in [4.78, 5) is 23.8. The lowest BCUT2D eigenvalue weighted by atomic mass is 10.0. The van der Waals surface area contributed by atoms with Crippen molar-refractivity contribution in [2.24, 2.45) is 0 Å². The van der Waals surface area contributed by atoms with Crippen molar-refractivity contribution in [1.82, 2.24) is 5.32 Å². The molecule has 0 heterocycles. The molecule has 7 heteroatoms. The molecule has 1 aromatic carbocycles. The average Bonchev–Trinajstić information content (AvgIpc) is 2.42. The number of carbonyl (C=O) groups excluding carboxylic acids is 2. The van der Waals surface area contributed by atoms with Crippen molar-refractivity contribution in [2.75, 3.05) is 6.61 Å². The Morgan fingerprint density at radius 3 is 2.52 bits per heavy atom. The highest BCUT2D eigenvalue weighted by atomic mass is 79.9. The number of aliphatic hydroxyl groups is 1. The second-order valence-corrected chi connectivity index (χ2v) is 6.79. The van der Waals surface area contributed by atoms with Crippen molar-refractivity contribution in [2.45, 2.75) is 45.4 Å². The van der Waals surface area contributed by atoms with E-state index in [1.807, 2.05) is 0 Å². The lowest BCUT2D eigenvalue weighted by molar-refractivity contribution is -0.154. The summed E-state index contributed by atoms with van der Waals surface area (Å²) in [5.74, 6) is -0.812. The monoisotopic (exact) mass is 387 g/mol.